The minimum atomic E-state index is -1.60. The SMILES string of the molecule is C[C@H](NC(=O)OC(C)(C)C)C(=NS(=O)C(C)(C)C)c1ccccc1F. The molecule has 2 atom stereocenters. The van der Waals surface area contributed by atoms with Crippen LogP contribution in [0.5, 0.6) is 0 Å². The van der Waals surface area contributed by atoms with Crippen molar-refractivity contribution in [2.24, 2.45) is 4.40 Å². The fraction of sp³-hybridized carbons (Fsp3) is 0.556. The minimum absolute atomic E-state index is 0.198. The molecule has 25 heavy (non-hydrogen) atoms. The van der Waals surface area contributed by atoms with Crippen molar-refractivity contribution >= 4 is 22.8 Å². The van der Waals surface area contributed by atoms with Gasteiger partial charge in [-0.25, -0.2) is 13.4 Å². The molecule has 0 spiro atoms. The van der Waals surface area contributed by atoms with Crippen molar-refractivity contribution in [2.45, 2.75) is 64.9 Å². The molecule has 0 aliphatic carbocycles. The van der Waals surface area contributed by atoms with Crippen LogP contribution in [-0.2, 0) is 15.7 Å². The van der Waals surface area contributed by atoms with E-state index < -0.39 is 39.3 Å². The number of rotatable bonds is 4. The average Bonchev–Trinajstić information content (AvgIpc) is 2.42. The highest BCUT2D eigenvalue weighted by Gasteiger charge is 2.26. The first-order chi connectivity index (χ1) is 11.3. The van der Waals surface area contributed by atoms with Crippen LogP contribution in [0.15, 0.2) is 28.7 Å². The van der Waals surface area contributed by atoms with Crippen molar-refractivity contribution in [1.29, 1.82) is 0 Å². The van der Waals surface area contributed by atoms with Crippen LogP contribution in [0, 0.1) is 5.82 Å². The average molecular weight is 370 g/mol. The van der Waals surface area contributed by atoms with Gasteiger partial charge in [0.05, 0.1) is 16.5 Å². The minimum Gasteiger partial charge on any atom is -0.444 e. The molecule has 0 saturated carbocycles. The smallest absolute Gasteiger partial charge is 0.408 e. The molecule has 0 aromatic heterocycles. The van der Waals surface area contributed by atoms with E-state index in [-0.39, 0.29) is 11.3 Å². The van der Waals surface area contributed by atoms with Crippen molar-refractivity contribution in [1.82, 2.24) is 5.32 Å². The number of carbonyl (C=O) groups excluding carboxylic acids is 1. The highest BCUT2D eigenvalue weighted by Crippen LogP contribution is 2.17. The molecule has 1 aromatic carbocycles. The summed E-state index contributed by atoms with van der Waals surface area (Å²) in [7, 11) is -1.60. The third-order valence-electron chi connectivity index (χ3n) is 3.00. The number of nitrogens with zero attached hydrogens (tertiary/aromatic N) is 1. The molecule has 1 aromatic rings. The Hall–Kier alpha value is -1.76. The molecule has 1 rings (SSSR count). The van der Waals surface area contributed by atoms with Crippen LogP contribution in [-0.4, -0.2) is 32.4 Å². The molecule has 7 heteroatoms. The Morgan fingerprint density at radius 1 is 1.20 bits per heavy atom. The zero-order valence-corrected chi connectivity index (χ0v) is 16.7. The van der Waals surface area contributed by atoms with E-state index in [2.05, 4.69) is 9.71 Å². The lowest BCUT2D eigenvalue weighted by molar-refractivity contribution is 0.0521. The summed E-state index contributed by atoms with van der Waals surface area (Å²) in [5.41, 5.74) is -0.256. The Balaban J connectivity index is 3.19. The zero-order chi connectivity index (χ0) is 19.4. The Morgan fingerprint density at radius 3 is 2.24 bits per heavy atom. The van der Waals surface area contributed by atoms with Crippen LogP contribution in [0.4, 0.5) is 9.18 Å². The predicted molar refractivity (Wildman–Crippen MR) is 99.7 cm³/mol. The molecule has 0 bridgehead atoms. The monoisotopic (exact) mass is 370 g/mol. The third-order valence-corrected chi connectivity index (χ3v) is 4.41. The van der Waals surface area contributed by atoms with Gasteiger partial charge in [0.25, 0.3) is 0 Å². The molecule has 5 nitrogen and oxygen atoms in total. The fourth-order valence-electron chi connectivity index (χ4n) is 1.81. The number of hydrogen-bond donors (Lipinski definition) is 1. The van der Waals surface area contributed by atoms with E-state index in [0.717, 1.165) is 0 Å². The molecule has 1 unspecified atom stereocenters. The second-order valence-corrected chi connectivity index (χ2v) is 9.59. The van der Waals surface area contributed by atoms with Crippen LogP contribution < -0.4 is 5.32 Å². The number of ether oxygens (including phenoxy) is 1. The van der Waals surface area contributed by atoms with Gasteiger partial charge < -0.3 is 10.1 Å². The van der Waals surface area contributed by atoms with Gasteiger partial charge in [-0.15, -0.1) is 0 Å². The summed E-state index contributed by atoms with van der Waals surface area (Å²) in [6.07, 6.45) is -0.648. The summed E-state index contributed by atoms with van der Waals surface area (Å²) >= 11 is 0. The Labute approximate surface area is 151 Å². The normalized spacial score (nSPS) is 15.4. The first-order valence-corrected chi connectivity index (χ1v) is 9.17. The maximum absolute atomic E-state index is 14.2. The van der Waals surface area contributed by atoms with E-state index >= 15 is 0 Å². The molecule has 0 aliphatic rings. The van der Waals surface area contributed by atoms with E-state index in [4.69, 9.17) is 4.74 Å². The lowest BCUT2D eigenvalue weighted by Gasteiger charge is -2.23. The highest BCUT2D eigenvalue weighted by molar-refractivity contribution is 7.85. The van der Waals surface area contributed by atoms with Crippen molar-refractivity contribution in [3.8, 4) is 0 Å². The van der Waals surface area contributed by atoms with Gasteiger partial charge in [-0.05, 0) is 54.5 Å². The van der Waals surface area contributed by atoms with Gasteiger partial charge in [0.2, 0.25) is 0 Å². The maximum atomic E-state index is 14.2. The summed E-state index contributed by atoms with van der Waals surface area (Å²) in [5, 5.41) is 2.63. The number of nitrogens with one attached hydrogen (secondary N) is 1. The molecule has 0 heterocycles. The summed E-state index contributed by atoms with van der Waals surface area (Å²) in [4.78, 5) is 12.0. The van der Waals surface area contributed by atoms with Gasteiger partial charge in [-0.1, -0.05) is 18.2 Å². The first kappa shape index (κ1) is 21.3. The summed E-state index contributed by atoms with van der Waals surface area (Å²) < 4.78 is 35.5. The molecule has 1 amide bonds. The van der Waals surface area contributed by atoms with Gasteiger partial charge in [0, 0.05) is 5.56 Å². The van der Waals surface area contributed by atoms with Crippen LogP contribution in [0.25, 0.3) is 0 Å². The molecule has 140 valence electrons. The maximum Gasteiger partial charge on any atom is 0.408 e. The first-order valence-electron chi connectivity index (χ1n) is 8.06. The van der Waals surface area contributed by atoms with Crippen molar-refractivity contribution in [3.05, 3.63) is 35.6 Å². The molecule has 1 N–H and O–H groups in total. The van der Waals surface area contributed by atoms with Crippen LogP contribution in [0.2, 0.25) is 0 Å². The largest absolute Gasteiger partial charge is 0.444 e. The summed E-state index contributed by atoms with van der Waals surface area (Å²) in [6.45, 7) is 12.2. The Morgan fingerprint density at radius 2 is 1.76 bits per heavy atom. The van der Waals surface area contributed by atoms with Crippen molar-refractivity contribution in [2.75, 3.05) is 0 Å². The lowest BCUT2D eigenvalue weighted by atomic mass is 10.0. The zero-order valence-electron chi connectivity index (χ0n) is 15.8. The van der Waals surface area contributed by atoms with Gasteiger partial charge in [0.1, 0.15) is 22.4 Å². The second kappa shape index (κ2) is 8.08. The number of benzene rings is 1. The Kier molecular flexibility index (Phi) is 6.88. The predicted octanol–water partition coefficient (Wildman–Crippen LogP) is 3.99. The number of halogens is 1. The number of hydrogen-bond acceptors (Lipinski definition) is 3. The third kappa shape index (κ3) is 6.94. The summed E-state index contributed by atoms with van der Waals surface area (Å²) in [6, 6.07) is 5.38. The van der Waals surface area contributed by atoms with E-state index in [0.29, 0.717) is 0 Å². The number of carbonyl (C=O) groups is 1. The number of amides is 1. The summed E-state index contributed by atoms with van der Waals surface area (Å²) in [5.74, 6) is -0.495. The van der Waals surface area contributed by atoms with Crippen LogP contribution >= 0.6 is 0 Å². The Bertz CT molecular complexity index is 676. The molecular formula is C18H27FN2O3S. The van der Waals surface area contributed by atoms with Gasteiger partial charge in [-0.3, -0.25) is 0 Å². The molecular weight excluding hydrogens is 343 g/mol. The number of alkyl carbamates (subject to hydrolysis) is 1. The fourth-order valence-corrected chi connectivity index (χ4v) is 2.52. The topological polar surface area (TPSA) is 67.8 Å². The van der Waals surface area contributed by atoms with Gasteiger partial charge in [-0.2, -0.15) is 4.40 Å². The lowest BCUT2D eigenvalue weighted by Crippen LogP contribution is -2.42. The van der Waals surface area contributed by atoms with E-state index in [1.807, 2.05) is 0 Å². The van der Waals surface area contributed by atoms with Gasteiger partial charge >= 0.3 is 6.09 Å². The second-order valence-electron chi connectivity index (χ2n) is 7.69. The van der Waals surface area contributed by atoms with E-state index in [9.17, 15) is 13.4 Å². The molecule has 0 aliphatic heterocycles. The van der Waals surface area contributed by atoms with Crippen LogP contribution in [0.3, 0.4) is 0 Å². The van der Waals surface area contributed by atoms with Crippen molar-refractivity contribution < 1.29 is 18.1 Å². The standard InChI is InChI=1S/C18H27FN2O3S/c1-12(20-16(22)24-17(2,3)4)15(21-25(23)18(5,6)7)13-10-8-9-11-14(13)19/h8-12H,1-7H3,(H,20,22)/t12-,25?/m0/s1. The van der Waals surface area contributed by atoms with Gasteiger partial charge in [0.15, 0.2) is 0 Å². The van der Waals surface area contributed by atoms with E-state index in [1.165, 1.54) is 6.07 Å². The quantitative estimate of drug-likeness (QED) is 0.815. The molecule has 0 saturated heterocycles. The van der Waals surface area contributed by atoms with Crippen LogP contribution in [0.1, 0.15) is 54.0 Å². The van der Waals surface area contributed by atoms with Crippen molar-refractivity contribution in [3.63, 3.8) is 0 Å². The van der Waals surface area contributed by atoms with E-state index in [1.54, 1.807) is 66.7 Å². The highest BCUT2D eigenvalue weighted by atomic mass is 32.2. The molecule has 0 fully saturated rings. The molecule has 0 radical (unpaired) electrons.